The number of aromatic carboxylic acids is 1. The van der Waals surface area contributed by atoms with E-state index >= 15 is 0 Å². The Bertz CT molecular complexity index is 1490. The third kappa shape index (κ3) is 5.86. The number of aromatic amines is 1. The van der Waals surface area contributed by atoms with Gasteiger partial charge in [0.1, 0.15) is 11.5 Å². The second-order valence-corrected chi connectivity index (χ2v) is 8.29. The zero-order valence-corrected chi connectivity index (χ0v) is 21.6. The maximum absolute atomic E-state index is 11.8. The van der Waals surface area contributed by atoms with Crippen LogP contribution in [0.4, 0.5) is 0 Å². The summed E-state index contributed by atoms with van der Waals surface area (Å²) in [6, 6.07) is 15.8. The molecule has 0 aliphatic carbocycles. The van der Waals surface area contributed by atoms with Crippen molar-refractivity contribution >= 4 is 28.5 Å². The minimum Gasteiger partial charge on any atom is -0.870 e. The van der Waals surface area contributed by atoms with Crippen LogP contribution < -0.4 is 42.8 Å². The maximum Gasteiger partial charge on any atom is 1.00 e. The van der Waals surface area contributed by atoms with E-state index in [1.165, 1.54) is 0 Å². The number of hydrogen-bond donors (Lipinski definition) is 1. The maximum atomic E-state index is 11.8. The largest absolute Gasteiger partial charge is 1.00 e. The minimum absolute atomic E-state index is 0. The van der Waals surface area contributed by atoms with Gasteiger partial charge in [0.15, 0.2) is 5.15 Å². The number of fused-ring (bicyclic) bond motifs is 1. The van der Waals surface area contributed by atoms with E-state index in [4.69, 9.17) is 11.6 Å². The second kappa shape index (κ2) is 13.1. The average Bonchev–Trinajstić information content (AvgIpc) is 3.57. The van der Waals surface area contributed by atoms with Crippen LogP contribution in [0.3, 0.4) is 0 Å². The van der Waals surface area contributed by atoms with Gasteiger partial charge in [-0.05, 0) is 41.5 Å². The average molecular weight is 506 g/mol. The van der Waals surface area contributed by atoms with Crippen molar-refractivity contribution < 1.29 is 53.1 Å². The molecule has 3 heterocycles. The summed E-state index contributed by atoms with van der Waals surface area (Å²) < 4.78 is 3.72. The summed E-state index contributed by atoms with van der Waals surface area (Å²) in [5.41, 5.74) is 3.56. The molecule has 0 atom stereocenters. The molecule has 0 bridgehead atoms. The number of carbonyl (C=O) groups excluding carboxylic acids is 1. The first-order valence-electron chi connectivity index (χ1n) is 11.0. The van der Waals surface area contributed by atoms with E-state index < -0.39 is 5.97 Å². The number of rotatable bonds is 8. The number of unbranched alkanes of at least 4 members (excludes halogenated alkanes) is 1. The SMILES string of the molecule is CCCCc1nc(Cl)c(C(=O)[O-])n1Cc1cccc2c1ccn2-c1ccccc1-c1nn[nH]n1.[Li+].[Li+].[OH-]. The fourth-order valence-corrected chi connectivity index (χ4v) is 4.53. The Morgan fingerprint density at radius 2 is 1.89 bits per heavy atom. The number of carbonyl (C=O) groups is 1. The zero-order chi connectivity index (χ0) is 23.7. The summed E-state index contributed by atoms with van der Waals surface area (Å²) in [5.74, 6) is -0.190. The molecule has 5 aromatic rings. The number of carboxylic acid groups (broad SMARTS) is 1. The molecule has 0 fully saturated rings. The molecular formula is C24H22ClLi2N7O3. The monoisotopic (exact) mass is 505 g/mol. The Morgan fingerprint density at radius 3 is 2.59 bits per heavy atom. The first-order valence-corrected chi connectivity index (χ1v) is 11.3. The molecule has 0 saturated carbocycles. The number of benzene rings is 2. The van der Waals surface area contributed by atoms with Gasteiger partial charge in [-0.1, -0.05) is 49.2 Å². The van der Waals surface area contributed by atoms with E-state index in [1.807, 2.05) is 54.7 Å². The third-order valence-electron chi connectivity index (χ3n) is 5.85. The van der Waals surface area contributed by atoms with E-state index in [-0.39, 0.29) is 54.0 Å². The smallest absolute Gasteiger partial charge is 0.870 e. The number of para-hydroxylation sites is 1. The number of nitrogens with one attached hydrogen (secondary N) is 1. The van der Waals surface area contributed by atoms with Gasteiger partial charge in [0.05, 0.1) is 23.7 Å². The first-order chi connectivity index (χ1) is 16.6. The third-order valence-corrected chi connectivity index (χ3v) is 6.12. The Balaban J connectivity index is 0.00000160. The van der Waals surface area contributed by atoms with Crippen LogP contribution in [0.2, 0.25) is 5.15 Å². The molecule has 0 aliphatic rings. The number of carboxylic acids is 1. The number of imidazole rings is 1. The van der Waals surface area contributed by atoms with Gasteiger partial charge in [0.25, 0.3) is 0 Å². The van der Waals surface area contributed by atoms with Gasteiger partial charge in [-0.15, -0.1) is 10.2 Å². The Kier molecular flexibility index (Phi) is 10.8. The van der Waals surface area contributed by atoms with E-state index in [2.05, 4.69) is 37.1 Å². The number of halogens is 1. The van der Waals surface area contributed by atoms with Crippen molar-refractivity contribution in [3.63, 3.8) is 0 Å². The Hall–Kier alpha value is -2.83. The topological polar surface area (TPSA) is 147 Å². The molecule has 2 N–H and O–H groups in total. The summed E-state index contributed by atoms with van der Waals surface area (Å²) in [5, 5.41) is 27.2. The molecule has 180 valence electrons. The van der Waals surface area contributed by atoms with Gasteiger partial charge in [-0.3, -0.25) is 0 Å². The number of nitrogens with zero attached hydrogens (tertiary/aromatic N) is 6. The van der Waals surface area contributed by atoms with Crippen molar-refractivity contribution in [2.75, 3.05) is 0 Å². The van der Waals surface area contributed by atoms with Crippen LogP contribution in [-0.4, -0.2) is 46.2 Å². The summed E-state index contributed by atoms with van der Waals surface area (Å²) in [6.07, 6.45) is 4.46. The molecule has 3 aromatic heterocycles. The standard InChI is InChI=1S/C24H22ClN7O2.2Li.H2O/c1-2-3-11-20-26-22(25)21(24(33)34)32(20)14-15-7-6-10-18-16(15)12-13-31(18)19-9-5-4-8-17(19)23-27-29-30-28-23;;;/h4-10,12-13H,2-3,11,14H2,1H3,(H,33,34)(H,27,28,29,30);;;1H2/q;2*+1;/p-2. The zero-order valence-electron chi connectivity index (χ0n) is 20.8. The molecule has 2 aromatic carbocycles. The molecular weight excluding hydrogens is 484 g/mol. The second-order valence-electron chi connectivity index (χ2n) is 7.93. The number of aryl methyl sites for hydroxylation is 1. The Labute approximate surface area is 242 Å². The van der Waals surface area contributed by atoms with Gasteiger partial charge in [0, 0.05) is 23.6 Å². The summed E-state index contributed by atoms with van der Waals surface area (Å²) >= 11 is 6.18. The minimum atomic E-state index is -1.33. The van der Waals surface area contributed by atoms with Crippen LogP contribution in [0.15, 0.2) is 54.7 Å². The van der Waals surface area contributed by atoms with Gasteiger partial charge < -0.3 is 24.5 Å². The van der Waals surface area contributed by atoms with Crippen molar-refractivity contribution in [1.82, 2.24) is 34.7 Å². The van der Waals surface area contributed by atoms with Gasteiger partial charge >= 0.3 is 37.7 Å². The fraction of sp³-hybridized carbons (Fsp3) is 0.208. The van der Waals surface area contributed by atoms with Gasteiger partial charge in [0.2, 0.25) is 5.82 Å². The van der Waals surface area contributed by atoms with E-state index in [9.17, 15) is 9.90 Å². The van der Waals surface area contributed by atoms with Crippen LogP contribution in [0, 0.1) is 0 Å². The Morgan fingerprint density at radius 1 is 1.11 bits per heavy atom. The normalized spacial score (nSPS) is 10.4. The molecule has 13 heteroatoms. The molecule has 5 rings (SSSR count). The van der Waals surface area contributed by atoms with E-state index in [0.29, 0.717) is 24.6 Å². The molecule has 0 amide bonds. The quantitative estimate of drug-likeness (QED) is 0.225. The number of tetrazole rings is 1. The van der Waals surface area contributed by atoms with Crippen LogP contribution in [-0.2, 0) is 13.0 Å². The van der Waals surface area contributed by atoms with Crippen molar-refractivity contribution in [3.8, 4) is 17.1 Å². The summed E-state index contributed by atoms with van der Waals surface area (Å²) in [7, 11) is 0. The first kappa shape index (κ1) is 30.4. The van der Waals surface area contributed by atoms with Gasteiger partial charge in [-0.2, -0.15) is 5.21 Å². The van der Waals surface area contributed by atoms with Crippen molar-refractivity contribution in [1.29, 1.82) is 0 Å². The van der Waals surface area contributed by atoms with Crippen LogP contribution in [0.1, 0.15) is 41.6 Å². The molecule has 0 saturated heterocycles. The molecule has 0 radical (unpaired) electrons. The molecule has 0 spiro atoms. The van der Waals surface area contributed by atoms with Crippen LogP contribution in [0.5, 0.6) is 0 Å². The number of hydrogen-bond acceptors (Lipinski definition) is 7. The molecule has 0 aliphatic heterocycles. The van der Waals surface area contributed by atoms with Crippen LogP contribution >= 0.6 is 11.6 Å². The molecule has 0 unspecified atom stereocenters. The van der Waals surface area contributed by atoms with E-state index in [1.54, 1.807) is 4.57 Å². The number of H-pyrrole nitrogens is 1. The molecule has 10 nitrogen and oxygen atoms in total. The van der Waals surface area contributed by atoms with E-state index in [0.717, 1.165) is 40.6 Å². The summed E-state index contributed by atoms with van der Waals surface area (Å²) in [6.45, 7) is 2.39. The molecule has 37 heavy (non-hydrogen) atoms. The number of aromatic nitrogens is 7. The van der Waals surface area contributed by atoms with Crippen molar-refractivity contribution in [3.05, 3.63) is 77.0 Å². The van der Waals surface area contributed by atoms with Crippen molar-refractivity contribution in [2.24, 2.45) is 0 Å². The van der Waals surface area contributed by atoms with Crippen molar-refractivity contribution in [2.45, 2.75) is 32.7 Å². The van der Waals surface area contributed by atoms with Crippen LogP contribution in [0.25, 0.3) is 28.0 Å². The van der Waals surface area contributed by atoms with Gasteiger partial charge in [-0.25, -0.2) is 4.98 Å². The predicted molar refractivity (Wildman–Crippen MR) is 128 cm³/mol. The summed E-state index contributed by atoms with van der Waals surface area (Å²) in [4.78, 5) is 16.2. The fourth-order valence-electron chi connectivity index (χ4n) is 4.26. The predicted octanol–water partition coefficient (Wildman–Crippen LogP) is -2.75.